The molecule has 12 rings (SSSR count). The quantitative estimate of drug-likeness (QED) is 0.182. The maximum absolute atomic E-state index is 6.26. The minimum atomic E-state index is -0.503. The summed E-state index contributed by atoms with van der Waals surface area (Å²) in [6, 6.07) is 67.9. The molecule has 0 amide bonds. The van der Waals surface area contributed by atoms with E-state index in [0.717, 1.165) is 21.9 Å². The molecule has 2 atom stereocenters. The Bertz CT molecular complexity index is 2930. The van der Waals surface area contributed by atoms with Gasteiger partial charge in [-0.15, -0.1) is 0 Å². The van der Waals surface area contributed by atoms with Crippen LogP contribution in [0.2, 0.25) is 0 Å². The van der Waals surface area contributed by atoms with E-state index in [1.807, 2.05) is 6.07 Å². The summed E-state index contributed by atoms with van der Waals surface area (Å²) < 4.78 is 6.26. The molecule has 2 unspecified atom stereocenters. The Kier molecular flexibility index (Phi) is 5.17. The average molecular weight is 647 g/mol. The molecule has 9 aromatic rings. The number of furan rings is 1. The van der Waals surface area contributed by atoms with Gasteiger partial charge < -0.3 is 4.42 Å². The Morgan fingerprint density at radius 3 is 1.73 bits per heavy atom. The van der Waals surface area contributed by atoms with Crippen LogP contribution in [0.4, 0.5) is 0 Å². The summed E-state index contributed by atoms with van der Waals surface area (Å²) in [4.78, 5) is 0. The lowest BCUT2D eigenvalue weighted by molar-refractivity contribution is 0.636. The van der Waals surface area contributed by atoms with Gasteiger partial charge in [0.2, 0.25) is 0 Å². The Labute approximate surface area is 296 Å². The second kappa shape index (κ2) is 9.62. The van der Waals surface area contributed by atoms with Crippen molar-refractivity contribution >= 4 is 21.9 Å². The highest BCUT2D eigenvalue weighted by atomic mass is 16.3. The molecule has 0 fully saturated rings. The van der Waals surface area contributed by atoms with Gasteiger partial charge in [-0.3, -0.25) is 0 Å². The van der Waals surface area contributed by atoms with E-state index in [9.17, 15) is 0 Å². The fourth-order valence-electron chi connectivity index (χ4n) is 10.4. The molecule has 51 heavy (non-hydrogen) atoms. The number of fused-ring (bicyclic) bond motifs is 15. The van der Waals surface area contributed by atoms with E-state index in [1.165, 1.54) is 77.9 Å². The van der Waals surface area contributed by atoms with E-state index in [2.05, 4.69) is 176 Å². The maximum atomic E-state index is 6.26. The number of para-hydroxylation sites is 1. The zero-order chi connectivity index (χ0) is 33.3. The molecule has 236 valence electrons. The van der Waals surface area contributed by atoms with Crippen molar-refractivity contribution in [2.45, 2.75) is 10.8 Å². The third-order valence-electron chi connectivity index (χ3n) is 12.2. The molecule has 3 aliphatic carbocycles. The van der Waals surface area contributed by atoms with Gasteiger partial charge in [-0.05, 0) is 96.1 Å². The fraction of sp³-hybridized carbons (Fsp3) is 0.0400. The molecule has 1 heterocycles. The standard InChI is InChI=1S/C50H30O/c1-2-14-32(15-3-1)49-39-21-7-4-16-34(39)36-20-13-26-44(48(36)49)50(42-24-10-9-23-41(42)49)40-22-8-5-18-37(40)47-33(19-12-25-43(47)50)31-28-29-46-38(30-31)35-17-6-11-27-45(35)51-46/h1-30H. The van der Waals surface area contributed by atoms with E-state index in [-0.39, 0.29) is 0 Å². The van der Waals surface area contributed by atoms with Crippen molar-refractivity contribution in [1.82, 2.24) is 0 Å². The zero-order valence-corrected chi connectivity index (χ0v) is 27.7. The summed E-state index contributed by atoms with van der Waals surface area (Å²) in [5.74, 6) is 0. The van der Waals surface area contributed by atoms with E-state index in [1.54, 1.807) is 0 Å². The molecule has 8 aromatic carbocycles. The molecule has 0 radical (unpaired) electrons. The van der Waals surface area contributed by atoms with E-state index >= 15 is 0 Å². The van der Waals surface area contributed by atoms with Gasteiger partial charge in [-0.1, -0.05) is 164 Å². The number of rotatable bonds is 2. The smallest absolute Gasteiger partial charge is 0.135 e. The summed E-state index contributed by atoms with van der Waals surface area (Å²) in [5.41, 5.74) is 19.5. The second-order valence-corrected chi connectivity index (χ2v) is 14.3. The van der Waals surface area contributed by atoms with Crippen molar-refractivity contribution in [3.05, 3.63) is 226 Å². The van der Waals surface area contributed by atoms with Crippen LogP contribution in [0.25, 0.3) is 55.3 Å². The molecule has 0 aliphatic heterocycles. The lowest BCUT2D eigenvalue weighted by atomic mass is 9.52. The Hall–Kier alpha value is -6.44. The predicted molar refractivity (Wildman–Crippen MR) is 207 cm³/mol. The third-order valence-corrected chi connectivity index (χ3v) is 12.2. The lowest BCUT2D eigenvalue weighted by Gasteiger charge is -2.48. The topological polar surface area (TPSA) is 13.1 Å². The van der Waals surface area contributed by atoms with Crippen LogP contribution in [0.1, 0.15) is 44.5 Å². The molecular weight excluding hydrogens is 617 g/mol. The summed E-state index contributed by atoms with van der Waals surface area (Å²) in [7, 11) is 0. The van der Waals surface area contributed by atoms with Gasteiger partial charge in [0, 0.05) is 10.8 Å². The van der Waals surface area contributed by atoms with Crippen LogP contribution >= 0.6 is 0 Å². The number of hydrogen-bond donors (Lipinski definition) is 0. The van der Waals surface area contributed by atoms with Crippen molar-refractivity contribution in [1.29, 1.82) is 0 Å². The van der Waals surface area contributed by atoms with E-state index < -0.39 is 10.8 Å². The van der Waals surface area contributed by atoms with Gasteiger partial charge in [0.25, 0.3) is 0 Å². The minimum absolute atomic E-state index is 0.436. The van der Waals surface area contributed by atoms with Crippen LogP contribution in [-0.4, -0.2) is 0 Å². The third kappa shape index (κ3) is 3.15. The first-order chi connectivity index (χ1) is 25.3. The molecule has 1 spiro atoms. The first-order valence-electron chi connectivity index (χ1n) is 17.9. The first kappa shape index (κ1) is 27.4. The summed E-state index contributed by atoms with van der Waals surface area (Å²) in [5, 5.41) is 2.30. The van der Waals surface area contributed by atoms with Crippen molar-refractivity contribution in [3.8, 4) is 33.4 Å². The van der Waals surface area contributed by atoms with Crippen molar-refractivity contribution < 1.29 is 4.42 Å². The van der Waals surface area contributed by atoms with E-state index in [4.69, 9.17) is 4.42 Å². The van der Waals surface area contributed by atoms with Crippen molar-refractivity contribution in [2.24, 2.45) is 0 Å². The minimum Gasteiger partial charge on any atom is -0.456 e. The maximum Gasteiger partial charge on any atom is 0.135 e. The highest BCUT2D eigenvalue weighted by Crippen LogP contribution is 2.69. The molecule has 1 heteroatoms. The van der Waals surface area contributed by atoms with Gasteiger partial charge in [0.05, 0.1) is 10.8 Å². The highest BCUT2D eigenvalue weighted by Gasteiger charge is 2.59. The Morgan fingerprint density at radius 1 is 0.333 bits per heavy atom. The molecular formula is C50H30O. The predicted octanol–water partition coefficient (Wildman–Crippen LogP) is 12.3. The lowest BCUT2D eigenvalue weighted by Crippen LogP contribution is -2.43. The van der Waals surface area contributed by atoms with Crippen molar-refractivity contribution in [2.75, 3.05) is 0 Å². The van der Waals surface area contributed by atoms with Crippen LogP contribution < -0.4 is 0 Å². The van der Waals surface area contributed by atoms with E-state index in [0.29, 0.717) is 0 Å². The molecule has 0 saturated heterocycles. The van der Waals surface area contributed by atoms with Crippen molar-refractivity contribution in [3.63, 3.8) is 0 Å². The Balaban J connectivity index is 1.23. The second-order valence-electron chi connectivity index (χ2n) is 14.3. The summed E-state index contributed by atoms with van der Waals surface area (Å²) in [6.07, 6.45) is 0. The summed E-state index contributed by atoms with van der Waals surface area (Å²) >= 11 is 0. The molecule has 0 bridgehead atoms. The molecule has 3 aliphatic rings. The summed E-state index contributed by atoms with van der Waals surface area (Å²) in [6.45, 7) is 0. The van der Waals surface area contributed by atoms with Gasteiger partial charge in [0.15, 0.2) is 0 Å². The zero-order valence-electron chi connectivity index (χ0n) is 27.7. The van der Waals surface area contributed by atoms with Crippen LogP contribution in [0, 0.1) is 0 Å². The van der Waals surface area contributed by atoms with Gasteiger partial charge in [-0.2, -0.15) is 0 Å². The number of hydrogen-bond acceptors (Lipinski definition) is 1. The van der Waals surface area contributed by atoms with Crippen LogP contribution in [0.15, 0.2) is 186 Å². The van der Waals surface area contributed by atoms with Gasteiger partial charge in [0.1, 0.15) is 11.2 Å². The first-order valence-corrected chi connectivity index (χ1v) is 17.9. The molecule has 0 saturated carbocycles. The van der Waals surface area contributed by atoms with Gasteiger partial charge >= 0.3 is 0 Å². The van der Waals surface area contributed by atoms with Crippen LogP contribution in [0.3, 0.4) is 0 Å². The largest absolute Gasteiger partial charge is 0.456 e. The SMILES string of the molecule is c1ccc(C23c4ccccc4-c4cccc(c42)C2(c4ccccc4-c4c(-c5ccc6oc7ccccc7c6c5)cccc42)c2ccccc23)cc1. The fourth-order valence-corrected chi connectivity index (χ4v) is 10.4. The average Bonchev–Trinajstić information content (AvgIpc) is 3.83. The van der Waals surface area contributed by atoms with Crippen LogP contribution in [-0.2, 0) is 10.8 Å². The monoisotopic (exact) mass is 646 g/mol. The molecule has 1 aromatic heterocycles. The van der Waals surface area contributed by atoms with Crippen LogP contribution in [0.5, 0.6) is 0 Å². The Morgan fingerprint density at radius 2 is 0.902 bits per heavy atom. The normalized spacial score (nSPS) is 18.7. The number of benzene rings is 8. The highest BCUT2D eigenvalue weighted by molar-refractivity contribution is 6.07. The molecule has 0 N–H and O–H groups in total. The van der Waals surface area contributed by atoms with Gasteiger partial charge in [-0.25, -0.2) is 0 Å². The molecule has 1 nitrogen and oxygen atoms in total.